The molecule has 0 amide bonds. The molecule has 0 N–H and O–H groups in total. The topological polar surface area (TPSA) is 0 Å². The van der Waals surface area contributed by atoms with E-state index in [1.165, 1.54) is 24.9 Å². The lowest BCUT2D eigenvalue weighted by Gasteiger charge is -2.08. The zero-order valence-corrected chi connectivity index (χ0v) is 6.75. The molecule has 0 spiro atoms. The predicted molar refractivity (Wildman–Crippen MR) is 40.7 cm³/mol. The van der Waals surface area contributed by atoms with E-state index in [0.717, 1.165) is 0 Å². The minimum absolute atomic E-state index is 1.26. The van der Waals surface area contributed by atoms with Gasteiger partial charge in [-0.3, -0.25) is 0 Å². The van der Waals surface area contributed by atoms with Gasteiger partial charge in [-0.1, -0.05) is 18.5 Å². The van der Waals surface area contributed by atoms with E-state index in [2.05, 4.69) is 6.58 Å². The van der Waals surface area contributed by atoms with Crippen LogP contribution in [0.5, 0.6) is 0 Å². The van der Waals surface area contributed by atoms with Crippen LogP contribution in [0.2, 0.25) is 12.1 Å². The summed E-state index contributed by atoms with van der Waals surface area (Å²) in [7, 11) is -1.32. The van der Waals surface area contributed by atoms with E-state index in [-0.39, 0.29) is 0 Å². The Kier molecular flexibility index (Phi) is 1.78. The monoisotopic (exact) mass is 146 g/mol. The van der Waals surface area contributed by atoms with E-state index in [9.17, 15) is 0 Å². The summed E-state index contributed by atoms with van der Waals surface area (Å²) in [6.45, 7) is 3.74. The van der Waals surface area contributed by atoms with Crippen molar-refractivity contribution in [2.45, 2.75) is 24.9 Å². The van der Waals surface area contributed by atoms with Gasteiger partial charge >= 0.3 is 0 Å². The van der Waals surface area contributed by atoms with Crippen LogP contribution in [0.3, 0.4) is 0 Å². The molecule has 0 atom stereocenters. The Morgan fingerprint density at radius 1 is 1.38 bits per heavy atom. The van der Waals surface area contributed by atoms with E-state index in [0.29, 0.717) is 0 Å². The molecule has 0 aromatic rings. The number of halogens is 1. The highest BCUT2D eigenvalue weighted by atomic mass is 35.6. The van der Waals surface area contributed by atoms with Crippen molar-refractivity contribution < 1.29 is 0 Å². The zero-order valence-electron chi connectivity index (χ0n) is 4.99. The summed E-state index contributed by atoms with van der Waals surface area (Å²) in [5, 5.41) is 0. The van der Waals surface area contributed by atoms with Gasteiger partial charge in [0.25, 0.3) is 0 Å². The minimum atomic E-state index is -1.32. The highest BCUT2D eigenvalue weighted by Crippen LogP contribution is 2.33. The van der Waals surface area contributed by atoms with Crippen LogP contribution in [-0.4, -0.2) is 7.38 Å². The molecular formula is C6H11ClSi. The summed E-state index contributed by atoms with van der Waals surface area (Å²) in [4.78, 5) is 0. The lowest BCUT2D eigenvalue weighted by Crippen LogP contribution is -2.17. The van der Waals surface area contributed by atoms with Crippen LogP contribution in [0.25, 0.3) is 0 Å². The molecule has 46 valence electrons. The van der Waals surface area contributed by atoms with Gasteiger partial charge in [0.1, 0.15) is 0 Å². The van der Waals surface area contributed by atoms with Crippen LogP contribution in [0.15, 0.2) is 12.3 Å². The molecular weight excluding hydrogens is 136 g/mol. The van der Waals surface area contributed by atoms with Crippen molar-refractivity contribution in [3.8, 4) is 0 Å². The lowest BCUT2D eigenvalue weighted by molar-refractivity contribution is 0.935. The van der Waals surface area contributed by atoms with Crippen molar-refractivity contribution in [1.29, 1.82) is 0 Å². The number of hydrogen-bond donors (Lipinski definition) is 0. The van der Waals surface area contributed by atoms with Crippen LogP contribution in [-0.2, 0) is 0 Å². The zero-order chi connectivity index (χ0) is 6.04. The Morgan fingerprint density at radius 3 is 2.12 bits per heavy atom. The highest BCUT2D eigenvalue weighted by Gasteiger charge is 2.30. The molecule has 1 saturated heterocycles. The number of hydrogen-bond acceptors (Lipinski definition) is 0. The standard InChI is InChI=1S/C6H11ClSi/c1-2-8(7)5-3-4-6-8/h2H,1,3-6H2. The second-order valence-corrected chi connectivity index (χ2v) is 8.18. The summed E-state index contributed by atoms with van der Waals surface area (Å²) < 4.78 is 0. The van der Waals surface area contributed by atoms with Crippen molar-refractivity contribution >= 4 is 18.5 Å². The van der Waals surface area contributed by atoms with E-state index >= 15 is 0 Å². The second kappa shape index (κ2) is 2.24. The average Bonchev–Trinajstić information content (AvgIpc) is 2.17. The predicted octanol–water partition coefficient (Wildman–Crippen LogP) is 2.69. The first-order valence-corrected chi connectivity index (χ1v) is 6.60. The molecule has 1 aliphatic heterocycles. The SMILES string of the molecule is C=C[Si]1(Cl)CCCC1. The maximum absolute atomic E-state index is 6.18. The molecule has 2 heteroatoms. The highest BCUT2D eigenvalue weighted by molar-refractivity contribution is 7.23. The summed E-state index contributed by atoms with van der Waals surface area (Å²) >= 11 is 6.18. The molecule has 0 aromatic heterocycles. The third kappa shape index (κ3) is 1.15. The van der Waals surface area contributed by atoms with E-state index < -0.39 is 7.38 Å². The van der Waals surface area contributed by atoms with Crippen molar-refractivity contribution in [1.82, 2.24) is 0 Å². The fourth-order valence-corrected chi connectivity index (χ4v) is 4.30. The van der Waals surface area contributed by atoms with Gasteiger partial charge in [0.05, 0.1) is 0 Å². The maximum Gasteiger partial charge on any atom is 0.179 e. The molecule has 0 aliphatic carbocycles. The molecule has 8 heavy (non-hydrogen) atoms. The van der Waals surface area contributed by atoms with E-state index in [1.807, 2.05) is 5.70 Å². The second-order valence-electron chi connectivity index (χ2n) is 2.45. The van der Waals surface area contributed by atoms with Gasteiger partial charge in [0, 0.05) is 0 Å². The summed E-state index contributed by atoms with van der Waals surface area (Å²) in [5.74, 6) is 0. The summed E-state index contributed by atoms with van der Waals surface area (Å²) in [6.07, 6.45) is 2.67. The van der Waals surface area contributed by atoms with Gasteiger partial charge < -0.3 is 0 Å². The first-order chi connectivity index (χ1) is 3.77. The Hall–Kier alpha value is 0.247. The van der Waals surface area contributed by atoms with E-state index in [1.54, 1.807) is 0 Å². The lowest BCUT2D eigenvalue weighted by atomic mass is 10.4. The largest absolute Gasteiger partial charge is 0.179 e. The molecule has 1 aliphatic rings. The fourth-order valence-electron chi connectivity index (χ4n) is 1.17. The fraction of sp³-hybridized carbons (Fsp3) is 0.667. The summed E-state index contributed by atoms with van der Waals surface area (Å²) in [6, 6.07) is 2.52. The van der Waals surface area contributed by atoms with Gasteiger partial charge in [-0.05, 0) is 12.1 Å². The molecule has 0 unspecified atom stereocenters. The molecule has 0 bridgehead atoms. The first-order valence-electron chi connectivity index (χ1n) is 3.09. The van der Waals surface area contributed by atoms with Crippen LogP contribution in [0, 0.1) is 0 Å². The molecule has 1 rings (SSSR count). The molecule has 0 nitrogen and oxygen atoms in total. The molecule has 0 radical (unpaired) electrons. The van der Waals surface area contributed by atoms with Crippen LogP contribution < -0.4 is 0 Å². The molecule has 1 heterocycles. The molecule has 1 fully saturated rings. The number of rotatable bonds is 1. The first kappa shape index (κ1) is 6.37. The smallest absolute Gasteiger partial charge is 0.162 e. The van der Waals surface area contributed by atoms with Crippen LogP contribution >= 0.6 is 11.1 Å². The third-order valence-electron chi connectivity index (χ3n) is 1.80. The van der Waals surface area contributed by atoms with Gasteiger partial charge in [-0.15, -0.1) is 6.58 Å². The Labute approximate surface area is 56.3 Å². The van der Waals surface area contributed by atoms with Crippen molar-refractivity contribution in [3.63, 3.8) is 0 Å². The molecule has 0 saturated carbocycles. The average molecular weight is 147 g/mol. The Morgan fingerprint density at radius 2 is 1.88 bits per heavy atom. The van der Waals surface area contributed by atoms with Gasteiger partial charge in [-0.25, -0.2) is 0 Å². The normalized spacial score (nSPS) is 25.6. The Bertz CT molecular complexity index is 94.7. The third-order valence-corrected chi connectivity index (χ3v) is 6.50. The van der Waals surface area contributed by atoms with Crippen LogP contribution in [0.1, 0.15) is 12.8 Å². The maximum atomic E-state index is 6.18. The summed E-state index contributed by atoms with van der Waals surface area (Å²) in [5.41, 5.74) is 2.02. The van der Waals surface area contributed by atoms with Gasteiger partial charge in [0.2, 0.25) is 0 Å². The van der Waals surface area contributed by atoms with Crippen molar-refractivity contribution in [2.75, 3.05) is 0 Å². The van der Waals surface area contributed by atoms with Crippen molar-refractivity contribution in [2.24, 2.45) is 0 Å². The van der Waals surface area contributed by atoms with Gasteiger partial charge in [-0.2, -0.15) is 11.1 Å². The van der Waals surface area contributed by atoms with Crippen molar-refractivity contribution in [3.05, 3.63) is 12.3 Å². The van der Waals surface area contributed by atoms with E-state index in [4.69, 9.17) is 11.1 Å². The quantitative estimate of drug-likeness (QED) is 0.394. The van der Waals surface area contributed by atoms with Crippen LogP contribution in [0.4, 0.5) is 0 Å². The molecule has 0 aromatic carbocycles. The minimum Gasteiger partial charge on any atom is -0.162 e. The van der Waals surface area contributed by atoms with Gasteiger partial charge in [0.15, 0.2) is 7.38 Å². The Balaban J connectivity index is 2.52.